The number of benzene rings is 2. The van der Waals surface area contributed by atoms with Crippen LogP contribution in [0.3, 0.4) is 0 Å². The van der Waals surface area contributed by atoms with Crippen molar-refractivity contribution in [2.75, 3.05) is 0 Å². The van der Waals surface area contributed by atoms with Gasteiger partial charge in [0.2, 0.25) is 0 Å². The van der Waals surface area contributed by atoms with Crippen LogP contribution in [-0.2, 0) is 13.1 Å². The van der Waals surface area contributed by atoms with Crippen molar-refractivity contribution in [3.05, 3.63) is 83.6 Å². The standard InChI is InChI=1S/C22H21N5.2ClH.Fe/c1-17(26-23-15-19-9-5-3-6-10-19)21-13-14-22(25-21)18(2)27-24-16-20-11-7-4-8-12-20;;;/h3-13,15-16H,14H2,1-2H3;2*1H;/q;;;+2/p-2/b23-15-,24-16-,26-17+,27-18+;;;. The molecule has 2 aromatic carbocycles. The van der Waals surface area contributed by atoms with Gasteiger partial charge in [0, 0.05) is 6.42 Å². The van der Waals surface area contributed by atoms with Crippen LogP contribution in [-0.4, -0.2) is 29.6 Å². The third-order valence-corrected chi connectivity index (χ3v) is 3.96. The van der Waals surface area contributed by atoms with Crippen LogP contribution in [0.25, 0.3) is 0 Å². The number of halogens is 2. The molecule has 0 radical (unpaired) electrons. The minimum atomic E-state index is 0.194. The minimum absolute atomic E-state index is 0.194. The first-order valence-electron chi connectivity index (χ1n) is 9.03. The van der Waals surface area contributed by atoms with E-state index >= 15 is 0 Å². The van der Waals surface area contributed by atoms with Gasteiger partial charge in [0.25, 0.3) is 0 Å². The van der Waals surface area contributed by atoms with Crippen LogP contribution in [0.4, 0.5) is 0 Å². The fourth-order valence-corrected chi connectivity index (χ4v) is 2.44. The number of aliphatic imine (C=N–C) groups is 1. The Balaban J connectivity index is 0.00000101. The summed E-state index contributed by atoms with van der Waals surface area (Å²) in [5, 5.41) is 16.8. The summed E-state index contributed by atoms with van der Waals surface area (Å²) in [6, 6.07) is 19.7. The molecule has 30 heavy (non-hydrogen) atoms. The van der Waals surface area contributed by atoms with Crippen LogP contribution in [0.1, 0.15) is 31.4 Å². The van der Waals surface area contributed by atoms with E-state index in [0.717, 1.165) is 40.4 Å². The van der Waals surface area contributed by atoms with Crippen molar-refractivity contribution in [1.82, 2.24) is 0 Å². The number of hydrogen-bond acceptors (Lipinski definition) is 5. The van der Waals surface area contributed by atoms with E-state index in [9.17, 15) is 0 Å². The molecular formula is C22H21Cl2FeN5. The maximum atomic E-state index is 4.76. The molecule has 0 amide bonds. The molecule has 1 aliphatic heterocycles. The third-order valence-electron chi connectivity index (χ3n) is 3.96. The van der Waals surface area contributed by atoms with Gasteiger partial charge in [0.1, 0.15) is 0 Å². The molecule has 8 heteroatoms. The van der Waals surface area contributed by atoms with Crippen LogP contribution in [0.2, 0.25) is 0 Å². The molecule has 0 aliphatic carbocycles. The molecule has 1 aliphatic rings. The molecule has 2 aromatic rings. The first-order valence-corrected chi connectivity index (χ1v) is 12.1. The summed E-state index contributed by atoms with van der Waals surface area (Å²) in [6.07, 6.45) is 6.22. The molecule has 5 nitrogen and oxygen atoms in total. The third kappa shape index (κ3) is 8.56. The van der Waals surface area contributed by atoms with Gasteiger partial charge in [0.05, 0.1) is 35.3 Å². The maximum absolute atomic E-state index is 4.76. The Morgan fingerprint density at radius 3 is 1.80 bits per heavy atom. The van der Waals surface area contributed by atoms with Crippen molar-refractivity contribution in [1.29, 1.82) is 0 Å². The van der Waals surface area contributed by atoms with Gasteiger partial charge in [-0.1, -0.05) is 66.7 Å². The molecule has 1 heterocycles. The van der Waals surface area contributed by atoms with Gasteiger partial charge in [-0.3, -0.25) is 0 Å². The average molecular weight is 482 g/mol. The molecule has 0 fully saturated rings. The van der Waals surface area contributed by atoms with Gasteiger partial charge in [-0.05, 0) is 25.0 Å². The summed E-state index contributed by atoms with van der Waals surface area (Å²) in [7, 11) is 9.53. The molecule has 156 valence electrons. The zero-order valence-electron chi connectivity index (χ0n) is 16.6. The van der Waals surface area contributed by atoms with Gasteiger partial charge in [0.15, 0.2) is 0 Å². The van der Waals surface area contributed by atoms with Gasteiger partial charge in [-0.15, -0.1) is 0 Å². The van der Waals surface area contributed by atoms with E-state index in [1.807, 2.05) is 80.6 Å². The van der Waals surface area contributed by atoms with E-state index in [-0.39, 0.29) is 13.1 Å². The molecule has 0 saturated carbocycles. The number of nitrogens with zero attached hydrogens (tertiary/aromatic N) is 5. The van der Waals surface area contributed by atoms with Gasteiger partial charge >= 0.3 is 33.3 Å². The van der Waals surface area contributed by atoms with Gasteiger partial charge < -0.3 is 0 Å². The van der Waals surface area contributed by atoms with Crippen LogP contribution in [0.5, 0.6) is 0 Å². The molecule has 0 N–H and O–H groups in total. The Hall–Kier alpha value is -2.37. The van der Waals surface area contributed by atoms with E-state index in [1.165, 1.54) is 0 Å². The quantitative estimate of drug-likeness (QED) is 0.272. The van der Waals surface area contributed by atoms with Gasteiger partial charge in [-0.2, -0.15) is 20.4 Å². The zero-order chi connectivity index (χ0) is 21.6. The Morgan fingerprint density at radius 2 is 1.30 bits per heavy atom. The molecule has 3 rings (SSSR count). The summed E-state index contributed by atoms with van der Waals surface area (Å²) in [6.45, 7) is 3.82. The van der Waals surface area contributed by atoms with Crippen molar-refractivity contribution in [2.45, 2.75) is 20.3 Å². The van der Waals surface area contributed by atoms with Crippen molar-refractivity contribution < 1.29 is 13.1 Å². The molecule has 0 atom stereocenters. The fraction of sp³-hybridized carbons (Fsp3) is 0.136. The molecular weight excluding hydrogens is 461 g/mol. The van der Waals surface area contributed by atoms with Crippen LogP contribution in [0.15, 0.2) is 97.8 Å². The number of allylic oxidation sites excluding steroid dienone is 2. The predicted molar refractivity (Wildman–Crippen MR) is 126 cm³/mol. The molecule has 0 aromatic heterocycles. The molecule has 0 spiro atoms. The normalized spacial score (nSPS) is 14.7. The summed E-state index contributed by atoms with van der Waals surface area (Å²) in [5.74, 6) is 0. The summed E-state index contributed by atoms with van der Waals surface area (Å²) in [5.41, 5.74) is 5.33. The topological polar surface area (TPSA) is 61.8 Å². The second-order valence-electron chi connectivity index (χ2n) is 6.08. The first kappa shape index (κ1) is 23.9. The Labute approximate surface area is 191 Å². The van der Waals surface area contributed by atoms with Crippen molar-refractivity contribution >= 4 is 49.8 Å². The summed E-state index contributed by atoms with van der Waals surface area (Å²) in [4.78, 5) is 4.61. The fourth-order valence-electron chi connectivity index (χ4n) is 2.44. The molecule has 0 bridgehead atoms. The van der Waals surface area contributed by atoms with Crippen LogP contribution < -0.4 is 0 Å². The zero-order valence-corrected chi connectivity index (χ0v) is 19.2. The van der Waals surface area contributed by atoms with E-state index < -0.39 is 0 Å². The SMILES string of the molecule is C/C(=N\N=C/c1ccccc1)C1=CCC(/C(C)=N/N=C\c2ccccc2)=N1.[Cl][Fe][Cl]. The second kappa shape index (κ2) is 13.8. The Kier molecular flexibility index (Phi) is 11.0. The summed E-state index contributed by atoms with van der Waals surface area (Å²) < 4.78 is 0. The Morgan fingerprint density at radius 1 is 0.833 bits per heavy atom. The number of rotatable bonds is 6. The summed E-state index contributed by atoms with van der Waals surface area (Å²) >= 11 is 0.194. The van der Waals surface area contributed by atoms with E-state index in [0.29, 0.717) is 0 Å². The second-order valence-corrected chi connectivity index (χ2v) is 7.91. The van der Waals surface area contributed by atoms with Crippen molar-refractivity contribution in [2.24, 2.45) is 25.4 Å². The van der Waals surface area contributed by atoms with E-state index in [2.05, 4.69) is 25.4 Å². The average Bonchev–Trinajstić information content (AvgIpc) is 3.26. The monoisotopic (exact) mass is 481 g/mol. The van der Waals surface area contributed by atoms with Crippen molar-refractivity contribution in [3.63, 3.8) is 0 Å². The van der Waals surface area contributed by atoms with Crippen LogP contribution >= 0.6 is 20.2 Å². The van der Waals surface area contributed by atoms with Gasteiger partial charge in [-0.25, -0.2) is 4.99 Å². The van der Waals surface area contributed by atoms with E-state index in [1.54, 1.807) is 12.4 Å². The van der Waals surface area contributed by atoms with Crippen LogP contribution in [0, 0.1) is 0 Å². The molecule has 0 saturated heterocycles. The predicted octanol–water partition coefficient (Wildman–Crippen LogP) is 6.08. The first-order chi connectivity index (χ1) is 14.6. The number of hydrogen-bond donors (Lipinski definition) is 0. The molecule has 0 unspecified atom stereocenters. The van der Waals surface area contributed by atoms with E-state index in [4.69, 9.17) is 20.2 Å². The Bertz CT molecular complexity index is 981. The van der Waals surface area contributed by atoms with Crippen molar-refractivity contribution in [3.8, 4) is 0 Å².